The number of aryl methyl sites for hydroxylation is 2. The topological polar surface area (TPSA) is 54.3 Å². The fourth-order valence-corrected chi connectivity index (χ4v) is 3.37. The van der Waals surface area contributed by atoms with Gasteiger partial charge in [0.05, 0.1) is 18.3 Å². The van der Waals surface area contributed by atoms with E-state index in [4.69, 9.17) is 0 Å². The lowest BCUT2D eigenvalue weighted by Crippen LogP contribution is -2.37. The molecular weight excluding hydrogens is 302 g/mol. The summed E-state index contributed by atoms with van der Waals surface area (Å²) in [6.07, 6.45) is 4.58. The van der Waals surface area contributed by atoms with Crippen molar-refractivity contribution in [3.05, 3.63) is 47.5 Å². The second-order valence-corrected chi connectivity index (χ2v) is 6.69. The van der Waals surface area contributed by atoms with Gasteiger partial charge in [-0.2, -0.15) is 5.10 Å². The Morgan fingerprint density at radius 2 is 2.25 bits per heavy atom. The summed E-state index contributed by atoms with van der Waals surface area (Å²) in [4.78, 5) is 20.7. The van der Waals surface area contributed by atoms with Crippen molar-refractivity contribution >= 4 is 5.91 Å². The average molecular weight is 327 g/mol. The van der Waals surface area contributed by atoms with E-state index in [-0.39, 0.29) is 5.91 Å². The summed E-state index contributed by atoms with van der Waals surface area (Å²) in [5.41, 5.74) is 3.32. The zero-order valence-electron chi connectivity index (χ0n) is 14.6. The van der Waals surface area contributed by atoms with Gasteiger partial charge in [-0.15, -0.1) is 0 Å². The number of nitrogens with zero attached hydrogens (tertiary/aromatic N) is 5. The van der Waals surface area contributed by atoms with Gasteiger partial charge in [0.25, 0.3) is 0 Å². The molecule has 3 rings (SSSR count). The molecule has 1 aliphatic heterocycles. The molecule has 3 heterocycles. The zero-order chi connectivity index (χ0) is 17.1. The van der Waals surface area contributed by atoms with E-state index in [2.05, 4.69) is 27.8 Å². The van der Waals surface area contributed by atoms with Gasteiger partial charge in [0.2, 0.25) is 5.91 Å². The second-order valence-electron chi connectivity index (χ2n) is 6.69. The van der Waals surface area contributed by atoms with Crippen molar-refractivity contribution in [2.75, 3.05) is 26.7 Å². The molecule has 24 heavy (non-hydrogen) atoms. The van der Waals surface area contributed by atoms with Crippen molar-refractivity contribution in [1.29, 1.82) is 0 Å². The number of hydrogen-bond donors (Lipinski definition) is 0. The highest BCUT2D eigenvalue weighted by atomic mass is 16.2. The van der Waals surface area contributed by atoms with Crippen molar-refractivity contribution in [1.82, 2.24) is 24.6 Å². The average Bonchev–Trinajstić information content (AvgIpc) is 3.14. The van der Waals surface area contributed by atoms with Crippen LogP contribution in [0.3, 0.4) is 0 Å². The summed E-state index contributed by atoms with van der Waals surface area (Å²) < 4.78 is 2.07. The van der Waals surface area contributed by atoms with Gasteiger partial charge in [-0.1, -0.05) is 6.07 Å². The molecule has 6 heteroatoms. The Balaban J connectivity index is 1.54. The Bertz CT molecular complexity index is 697. The van der Waals surface area contributed by atoms with E-state index in [0.717, 1.165) is 37.3 Å². The van der Waals surface area contributed by atoms with Gasteiger partial charge in [-0.3, -0.25) is 19.4 Å². The summed E-state index contributed by atoms with van der Waals surface area (Å²) in [7, 11) is 1.97. The van der Waals surface area contributed by atoms with Gasteiger partial charge in [-0.25, -0.2) is 0 Å². The quantitative estimate of drug-likeness (QED) is 0.840. The zero-order valence-corrected chi connectivity index (χ0v) is 14.6. The molecule has 1 aliphatic rings. The predicted molar refractivity (Wildman–Crippen MR) is 92.5 cm³/mol. The number of rotatable bonds is 5. The largest absolute Gasteiger partial charge is 0.339 e. The first-order chi connectivity index (χ1) is 11.5. The van der Waals surface area contributed by atoms with Crippen LogP contribution in [0, 0.1) is 13.8 Å². The summed E-state index contributed by atoms with van der Waals surface area (Å²) in [6, 6.07) is 6.34. The van der Waals surface area contributed by atoms with Crippen LogP contribution in [-0.4, -0.2) is 57.2 Å². The van der Waals surface area contributed by atoms with Crippen LogP contribution in [0.15, 0.2) is 30.6 Å². The fraction of sp³-hybridized carbons (Fsp3) is 0.500. The molecule has 0 N–H and O–H groups in total. The summed E-state index contributed by atoms with van der Waals surface area (Å²) >= 11 is 0. The number of likely N-dealkylation sites (tertiary alicyclic amines) is 1. The highest BCUT2D eigenvalue weighted by Crippen LogP contribution is 2.23. The summed E-state index contributed by atoms with van der Waals surface area (Å²) in [5, 5.41) is 4.56. The number of carbonyl (C=O) groups is 1. The molecule has 1 atom stereocenters. The minimum Gasteiger partial charge on any atom is -0.339 e. The molecule has 0 spiro atoms. The molecule has 2 aromatic heterocycles. The van der Waals surface area contributed by atoms with Crippen molar-refractivity contribution in [3.8, 4) is 0 Å². The Morgan fingerprint density at radius 1 is 1.42 bits per heavy atom. The first-order valence-electron chi connectivity index (χ1n) is 8.41. The maximum absolute atomic E-state index is 12.6. The molecule has 2 aromatic rings. The van der Waals surface area contributed by atoms with Crippen LogP contribution in [0.2, 0.25) is 0 Å². The number of hydrogen-bond acceptors (Lipinski definition) is 4. The molecule has 0 aromatic carbocycles. The Labute approximate surface area is 143 Å². The van der Waals surface area contributed by atoms with Crippen LogP contribution >= 0.6 is 0 Å². The molecule has 0 saturated carbocycles. The molecule has 0 bridgehead atoms. The molecular formula is C18H25N5O. The number of amides is 1. The number of likely N-dealkylation sites (N-methyl/N-ethyl adjacent to an activating group) is 1. The lowest BCUT2D eigenvalue weighted by molar-refractivity contribution is -0.131. The first-order valence-corrected chi connectivity index (χ1v) is 8.41. The maximum atomic E-state index is 12.6. The molecule has 1 fully saturated rings. The fourth-order valence-electron chi connectivity index (χ4n) is 3.37. The van der Waals surface area contributed by atoms with Gasteiger partial charge >= 0.3 is 0 Å². The van der Waals surface area contributed by atoms with Crippen LogP contribution in [0.25, 0.3) is 0 Å². The van der Waals surface area contributed by atoms with E-state index in [1.54, 1.807) is 6.20 Å². The molecule has 0 unspecified atom stereocenters. The Kier molecular flexibility index (Phi) is 4.94. The number of pyridine rings is 1. The third-order valence-corrected chi connectivity index (χ3v) is 4.49. The highest BCUT2D eigenvalue weighted by Gasteiger charge is 2.29. The Morgan fingerprint density at radius 3 is 2.92 bits per heavy atom. The van der Waals surface area contributed by atoms with Crippen LogP contribution in [0.1, 0.15) is 29.4 Å². The van der Waals surface area contributed by atoms with Gasteiger partial charge in [0.15, 0.2) is 0 Å². The predicted octanol–water partition coefficient (Wildman–Crippen LogP) is 1.80. The third kappa shape index (κ3) is 3.82. The Hall–Kier alpha value is -2.21. The van der Waals surface area contributed by atoms with E-state index in [0.29, 0.717) is 12.6 Å². The minimum atomic E-state index is 0.186. The SMILES string of the molecule is Cc1cc(C)n([C@H]2CCN(C(=O)CN(C)Cc3cccnc3)C2)n1. The van der Waals surface area contributed by atoms with Gasteiger partial charge in [0, 0.05) is 37.7 Å². The van der Waals surface area contributed by atoms with E-state index < -0.39 is 0 Å². The van der Waals surface area contributed by atoms with Crippen molar-refractivity contribution in [2.24, 2.45) is 0 Å². The van der Waals surface area contributed by atoms with Gasteiger partial charge in [0.1, 0.15) is 0 Å². The van der Waals surface area contributed by atoms with Crippen molar-refractivity contribution in [3.63, 3.8) is 0 Å². The number of carbonyl (C=O) groups excluding carboxylic acids is 1. The summed E-state index contributed by atoms with van der Waals surface area (Å²) in [6.45, 7) is 6.80. The molecule has 1 amide bonds. The molecule has 1 saturated heterocycles. The van der Waals surface area contributed by atoms with Gasteiger partial charge < -0.3 is 4.90 Å². The molecule has 0 radical (unpaired) electrons. The molecule has 128 valence electrons. The van der Waals surface area contributed by atoms with Crippen LogP contribution in [0.4, 0.5) is 0 Å². The van der Waals surface area contributed by atoms with Crippen LogP contribution in [0.5, 0.6) is 0 Å². The highest BCUT2D eigenvalue weighted by molar-refractivity contribution is 5.78. The monoisotopic (exact) mass is 327 g/mol. The van der Waals surface area contributed by atoms with E-state index >= 15 is 0 Å². The lowest BCUT2D eigenvalue weighted by atomic mass is 10.2. The second kappa shape index (κ2) is 7.13. The minimum absolute atomic E-state index is 0.186. The lowest BCUT2D eigenvalue weighted by Gasteiger charge is -2.22. The van der Waals surface area contributed by atoms with Crippen LogP contribution in [-0.2, 0) is 11.3 Å². The standard InChI is InChI=1S/C18H25N5O/c1-14-9-15(2)23(20-14)17-6-8-22(12-17)18(24)13-21(3)11-16-5-4-7-19-10-16/h4-5,7,9-10,17H,6,8,11-13H2,1-3H3/t17-/m0/s1. The molecule has 0 aliphatic carbocycles. The first kappa shape index (κ1) is 16.6. The van der Waals surface area contributed by atoms with E-state index in [1.165, 1.54) is 5.69 Å². The smallest absolute Gasteiger partial charge is 0.236 e. The van der Waals surface area contributed by atoms with Crippen LogP contribution < -0.4 is 0 Å². The summed E-state index contributed by atoms with van der Waals surface area (Å²) in [5.74, 6) is 0.186. The van der Waals surface area contributed by atoms with Crippen molar-refractivity contribution in [2.45, 2.75) is 32.9 Å². The maximum Gasteiger partial charge on any atom is 0.236 e. The number of aromatic nitrogens is 3. The normalized spacial score (nSPS) is 17.7. The van der Waals surface area contributed by atoms with Gasteiger partial charge in [-0.05, 0) is 45.0 Å². The van der Waals surface area contributed by atoms with E-state index in [9.17, 15) is 4.79 Å². The van der Waals surface area contributed by atoms with Crippen molar-refractivity contribution < 1.29 is 4.79 Å². The van der Waals surface area contributed by atoms with E-state index in [1.807, 2.05) is 42.1 Å². The third-order valence-electron chi connectivity index (χ3n) is 4.49. The molecule has 6 nitrogen and oxygen atoms in total.